The topological polar surface area (TPSA) is 87.3 Å². The summed E-state index contributed by atoms with van der Waals surface area (Å²) in [4.78, 5) is 24.7. The summed E-state index contributed by atoms with van der Waals surface area (Å²) < 4.78 is 5.52. The molecule has 7 heteroatoms. The molecule has 0 aromatic carbocycles. The smallest absolute Gasteiger partial charge is 0.271 e. The van der Waals surface area contributed by atoms with Crippen LogP contribution >= 0.6 is 0 Å². The van der Waals surface area contributed by atoms with Crippen LogP contribution in [0.1, 0.15) is 10.5 Å². The predicted octanol–water partition coefficient (Wildman–Crippen LogP) is -1.17. The predicted molar refractivity (Wildman–Crippen MR) is 64.4 cm³/mol. The van der Waals surface area contributed by atoms with Crippen LogP contribution in [0, 0.1) is 0 Å². The number of morpholine rings is 1. The highest BCUT2D eigenvalue weighted by Crippen LogP contribution is 2.01. The minimum absolute atomic E-state index is 0.00420. The van der Waals surface area contributed by atoms with Crippen molar-refractivity contribution in [1.82, 2.24) is 20.4 Å². The summed E-state index contributed by atoms with van der Waals surface area (Å²) in [6, 6.07) is 2.66. The number of aromatic amines is 1. The summed E-state index contributed by atoms with van der Waals surface area (Å²) in [5.41, 5.74) is -0.137. The van der Waals surface area contributed by atoms with E-state index in [2.05, 4.69) is 20.4 Å². The van der Waals surface area contributed by atoms with E-state index in [4.69, 9.17) is 4.74 Å². The maximum Gasteiger partial charge on any atom is 0.271 e. The maximum absolute atomic E-state index is 11.7. The fourth-order valence-corrected chi connectivity index (χ4v) is 1.76. The van der Waals surface area contributed by atoms with E-state index >= 15 is 0 Å². The zero-order valence-electron chi connectivity index (χ0n) is 10.2. The molecule has 1 aliphatic heterocycles. The van der Waals surface area contributed by atoms with Gasteiger partial charge in [-0.2, -0.15) is 5.10 Å². The lowest BCUT2D eigenvalue weighted by Gasteiger charge is -2.29. The zero-order chi connectivity index (χ0) is 13.0. The number of likely N-dealkylation sites (N-methyl/N-ethyl adjacent to an activating group) is 1. The summed E-state index contributed by atoms with van der Waals surface area (Å²) in [7, 11) is 2.01. The van der Waals surface area contributed by atoms with E-state index in [1.165, 1.54) is 12.1 Å². The third kappa shape index (κ3) is 3.38. The number of ether oxygens (including phenoxy) is 1. The highest BCUT2D eigenvalue weighted by atomic mass is 16.5. The Labute approximate surface area is 104 Å². The number of carbonyl (C=O) groups is 1. The van der Waals surface area contributed by atoms with Crippen molar-refractivity contribution in [3.8, 4) is 0 Å². The molecule has 2 N–H and O–H groups in total. The summed E-state index contributed by atoms with van der Waals surface area (Å²) in [6.07, 6.45) is -0.00420. The van der Waals surface area contributed by atoms with Gasteiger partial charge in [0.25, 0.3) is 11.5 Å². The van der Waals surface area contributed by atoms with Gasteiger partial charge in [0.15, 0.2) is 0 Å². The van der Waals surface area contributed by atoms with Crippen LogP contribution in [0.4, 0.5) is 0 Å². The van der Waals surface area contributed by atoms with Gasteiger partial charge in [-0.05, 0) is 13.1 Å². The van der Waals surface area contributed by atoms with Crippen LogP contribution in [-0.4, -0.2) is 60.4 Å². The molecule has 2 heterocycles. The van der Waals surface area contributed by atoms with E-state index in [0.717, 1.165) is 13.1 Å². The van der Waals surface area contributed by atoms with Crippen LogP contribution in [0.2, 0.25) is 0 Å². The highest BCUT2D eigenvalue weighted by Gasteiger charge is 2.18. The Morgan fingerprint density at radius 2 is 2.50 bits per heavy atom. The third-order valence-corrected chi connectivity index (χ3v) is 2.74. The first kappa shape index (κ1) is 12.7. The van der Waals surface area contributed by atoms with Gasteiger partial charge in [0.2, 0.25) is 0 Å². The number of aromatic nitrogens is 2. The van der Waals surface area contributed by atoms with Gasteiger partial charge in [0.1, 0.15) is 5.69 Å². The Kier molecular flexibility index (Phi) is 4.06. The first-order valence-electron chi connectivity index (χ1n) is 5.79. The van der Waals surface area contributed by atoms with E-state index in [0.29, 0.717) is 13.2 Å². The zero-order valence-corrected chi connectivity index (χ0v) is 10.2. The Bertz CT molecular complexity index is 453. The molecule has 1 amide bonds. The average molecular weight is 252 g/mol. The van der Waals surface area contributed by atoms with E-state index in [1.54, 1.807) is 0 Å². The van der Waals surface area contributed by atoms with Gasteiger partial charge in [-0.1, -0.05) is 0 Å². The van der Waals surface area contributed by atoms with Gasteiger partial charge in [0.05, 0.1) is 12.7 Å². The second-order valence-corrected chi connectivity index (χ2v) is 4.27. The molecule has 1 aromatic heterocycles. The number of hydrogen-bond acceptors (Lipinski definition) is 5. The largest absolute Gasteiger partial charge is 0.374 e. The van der Waals surface area contributed by atoms with Gasteiger partial charge < -0.3 is 15.0 Å². The molecule has 98 valence electrons. The Hall–Kier alpha value is -1.73. The Balaban J connectivity index is 1.84. The van der Waals surface area contributed by atoms with Crippen molar-refractivity contribution in [3.63, 3.8) is 0 Å². The van der Waals surface area contributed by atoms with Crippen LogP contribution < -0.4 is 10.9 Å². The molecule has 0 radical (unpaired) electrons. The molecule has 1 aromatic rings. The van der Waals surface area contributed by atoms with Crippen LogP contribution in [0.3, 0.4) is 0 Å². The van der Waals surface area contributed by atoms with Crippen LogP contribution in [0.25, 0.3) is 0 Å². The standard InChI is InChI=1S/C11H16N4O3/c1-15-4-5-18-8(7-15)6-12-11(17)9-2-3-10(16)14-13-9/h2-3,8H,4-7H2,1H3,(H,12,17)(H,14,16). The molecule has 0 saturated carbocycles. The van der Waals surface area contributed by atoms with Crippen LogP contribution in [-0.2, 0) is 4.74 Å². The molecule has 1 fully saturated rings. The molecule has 1 unspecified atom stereocenters. The lowest BCUT2D eigenvalue weighted by Crippen LogP contribution is -2.46. The van der Waals surface area contributed by atoms with Crippen molar-refractivity contribution in [1.29, 1.82) is 0 Å². The molecule has 0 aliphatic carbocycles. The maximum atomic E-state index is 11.7. The second-order valence-electron chi connectivity index (χ2n) is 4.27. The molecule has 0 spiro atoms. The SMILES string of the molecule is CN1CCOC(CNC(=O)c2ccc(=O)[nH]n2)C1. The molecular formula is C11H16N4O3. The quantitative estimate of drug-likeness (QED) is 0.708. The van der Waals surface area contributed by atoms with Crippen molar-refractivity contribution < 1.29 is 9.53 Å². The van der Waals surface area contributed by atoms with E-state index in [9.17, 15) is 9.59 Å². The number of carbonyl (C=O) groups excluding carboxylic acids is 1. The van der Waals surface area contributed by atoms with Gasteiger partial charge in [-0.3, -0.25) is 9.59 Å². The highest BCUT2D eigenvalue weighted by molar-refractivity contribution is 5.91. The summed E-state index contributed by atoms with van der Waals surface area (Å²) in [5, 5.41) is 8.61. The molecule has 0 bridgehead atoms. The number of rotatable bonds is 3. The normalized spacial score (nSPS) is 20.6. The van der Waals surface area contributed by atoms with Gasteiger partial charge in [0, 0.05) is 25.7 Å². The van der Waals surface area contributed by atoms with Crippen LogP contribution in [0.5, 0.6) is 0 Å². The molecule has 18 heavy (non-hydrogen) atoms. The molecular weight excluding hydrogens is 236 g/mol. The minimum atomic E-state index is -0.330. The Morgan fingerprint density at radius 1 is 1.67 bits per heavy atom. The first-order chi connectivity index (χ1) is 8.65. The van der Waals surface area contributed by atoms with Crippen molar-refractivity contribution in [2.45, 2.75) is 6.10 Å². The number of H-pyrrole nitrogens is 1. The summed E-state index contributed by atoms with van der Waals surface area (Å²) in [6.45, 7) is 2.81. The number of nitrogens with zero attached hydrogens (tertiary/aromatic N) is 2. The molecule has 1 saturated heterocycles. The fourth-order valence-electron chi connectivity index (χ4n) is 1.76. The van der Waals surface area contributed by atoms with Crippen molar-refractivity contribution in [3.05, 3.63) is 28.2 Å². The summed E-state index contributed by atoms with van der Waals surface area (Å²) >= 11 is 0. The van der Waals surface area contributed by atoms with Crippen LogP contribution in [0.15, 0.2) is 16.9 Å². The van der Waals surface area contributed by atoms with Gasteiger partial charge >= 0.3 is 0 Å². The molecule has 1 atom stereocenters. The van der Waals surface area contributed by atoms with Crippen molar-refractivity contribution in [2.24, 2.45) is 0 Å². The minimum Gasteiger partial charge on any atom is -0.374 e. The van der Waals surface area contributed by atoms with E-state index < -0.39 is 0 Å². The van der Waals surface area contributed by atoms with Crippen molar-refractivity contribution in [2.75, 3.05) is 33.3 Å². The lowest BCUT2D eigenvalue weighted by molar-refractivity contribution is -0.0175. The monoisotopic (exact) mass is 252 g/mol. The lowest BCUT2D eigenvalue weighted by atomic mass is 10.2. The number of nitrogens with one attached hydrogen (secondary N) is 2. The van der Waals surface area contributed by atoms with Gasteiger partial charge in [-0.15, -0.1) is 0 Å². The van der Waals surface area contributed by atoms with E-state index in [-0.39, 0.29) is 23.3 Å². The third-order valence-electron chi connectivity index (χ3n) is 2.74. The average Bonchev–Trinajstić information content (AvgIpc) is 2.37. The van der Waals surface area contributed by atoms with Crippen molar-refractivity contribution >= 4 is 5.91 Å². The number of hydrogen-bond donors (Lipinski definition) is 2. The van der Waals surface area contributed by atoms with Gasteiger partial charge in [-0.25, -0.2) is 5.10 Å². The molecule has 7 nitrogen and oxygen atoms in total. The molecule has 2 rings (SSSR count). The van der Waals surface area contributed by atoms with E-state index in [1.807, 2.05) is 7.05 Å². The first-order valence-corrected chi connectivity index (χ1v) is 5.79. The molecule has 1 aliphatic rings. The number of amides is 1. The second kappa shape index (κ2) is 5.74. The Morgan fingerprint density at radius 3 is 3.17 bits per heavy atom. The fraction of sp³-hybridized carbons (Fsp3) is 0.545. The summed E-state index contributed by atoms with van der Waals surface area (Å²) in [5.74, 6) is -0.317.